The molecule has 5 rings (SSSR count). The Kier molecular flexibility index (Phi) is 5.61. The molecule has 1 atom stereocenters. The molecule has 1 aliphatic heterocycles. The molecule has 0 aliphatic carbocycles. The number of hydrogen-bond donors (Lipinski definition) is 1. The van der Waals surface area contributed by atoms with E-state index in [9.17, 15) is 14.7 Å². The van der Waals surface area contributed by atoms with Crippen molar-refractivity contribution in [1.29, 1.82) is 0 Å². The Labute approximate surface area is 204 Å². The van der Waals surface area contributed by atoms with Crippen molar-refractivity contribution in [3.63, 3.8) is 0 Å². The second kappa shape index (κ2) is 8.76. The average Bonchev–Trinajstić information content (AvgIpc) is 3.13. The third-order valence-electron chi connectivity index (χ3n) is 6.49. The quantitative estimate of drug-likeness (QED) is 0.235. The number of carbonyl (C=O) groups is 2. The number of anilines is 2. The standard InChI is InChI=1S/C30H26N2O3/c1-19-8-6-11-23(18-19)32-27(21-14-16-22(17-15-21)31(2)3)26(29(34)30(32)35)28(33)25-13-7-10-20-9-4-5-12-24(20)25/h4-18,27,33H,1-3H3/b28-26-. The summed E-state index contributed by atoms with van der Waals surface area (Å²) in [5.41, 5.74) is 3.95. The number of aliphatic hydroxyl groups is 1. The SMILES string of the molecule is Cc1cccc(N2C(=O)C(=O)/C(=C(\O)c3cccc4ccccc34)C2c2ccc(N(C)C)cc2)c1. The van der Waals surface area contributed by atoms with Crippen molar-refractivity contribution in [2.45, 2.75) is 13.0 Å². The van der Waals surface area contributed by atoms with Gasteiger partial charge in [0.1, 0.15) is 5.76 Å². The Morgan fingerprint density at radius 3 is 2.26 bits per heavy atom. The molecule has 4 aromatic carbocycles. The monoisotopic (exact) mass is 462 g/mol. The van der Waals surface area contributed by atoms with Gasteiger partial charge in [0.05, 0.1) is 11.6 Å². The molecule has 1 aliphatic rings. The van der Waals surface area contributed by atoms with E-state index < -0.39 is 17.7 Å². The fraction of sp³-hybridized carbons (Fsp3) is 0.133. The summed E-state index contributed by atoms with van der Waals surface area (Å²) in [5.74, 6) is -1.52. The zero-order valence-electron chi connectivity index (χ0n) is 19.9. The number of hydrogen-bond acceptors (Lipinski definition) is 4. The van der Waals surface area contributed by atoms with Gasteiger partial charge in [-0.05, 0) is 53.1 Å². The van der Waals surface area contributed by atoms with Crippen molar-refractivity contribution >= 4 is 39.6 Å². The number of rotatable bonds is 4. The normalized spacial score (nSPS) is 17.2. The molecule has 174 valence electrons. The van der Waals surface area contributed by atoms with E-state index in [1.165, 1.54) is 4.90 Å². The minimum atomic E-state index is -0.757. The molecule has 0 saturated carbocycles. The van der Waals surface area contributed by atoms with Crippen molar-refractivity contribution in [1.82, 2.24) is 0 Å². The average molecular weight is 463 g/mol. The maximum Gasteiger partial charge on any atom is 0.300 e. The number of benzene rings is 4. The Hall–Kier alpha value is -4.38. The highest BCUT2D eigenvalue weighted by Crippen LogP contribution is 2.43. The molecule has 0 spiro atoms. The number of ketones is 1. The highest BCUT2D eigenvalue weighted by molar-refractivity contribution is 6.51. The van der Waals surface area contributed by atoms with Gasteiger partial charge >= 0.3 is 0 Å². The molecular weight excluding hydrogens is 436 g/mol. The number of fused-ring (bicyclic) bond motifs is 1. The fourth-order valence-corrected chi connectivity index (χ4v) is 4.72. The van der Waals surface area contributed by atoms with Crippen LogP contribution in [0.3, 0.4) is 0 Å². The maximum absolute atomic E-state index is 13.5. The van der Waals surface area contributed by atoms with Gasteiger partial charge in [-0.3, -0.25) is 14.5 Å². The Bertz CT molecular complexity index is 1480. The molecule has 1 amide bonds. The van der Waals surface area contributed by atoms with Crippen molar-refractivity contribution < 1.29 is 14.7 Å². The van der Waals surface area contributed by atoms with Gasteiger partial charge in [0, 0.05) is 31.0 Å². The van der Waals surface area contributed by atoms with Crippen LogP contribution in [0.25, 0.3) is 16.5 Å². The fourth-order valence-electron chi connectivity index (χ4n) is 4.72. The van der Waals surface area contributed by atoms with Crippen molar-refractivity contribution in [2.75, 3.05) is 23.9 Å². The summed E-state index contributed by atoms with van der Waals surface area (Å²) in [4.78, 5) is 30.4. The van der Waals surface area contributed by atoms with E-state index >= 15 is 0 Å². The van der Waals surface area contributed by atoms with Crippen LogP contribution in [0, 0.1) is 6.92 Å². The summed E-state index contributed by atoms with van der Waals surface area (Å²) in [5, 5.41) is 13.3. The predicted molar refractivity (Wildman–Crippen MR) is 141 cm³/mol. The molecule has 1 heterocycles. The van der Waals surface area contributed by atoms with E-state index in [2.05, 4.69) is 0 Å². The largest absolute Gasteiger partial charge is 0.507 e. The number of nitrogens with zero attached hydrogens (tertiary/aromatic N) is 2. The molecule has 1 N–H and O–H groups in total. The number of amides is 1. The maximum atomic E-state index is 13.5. The van der Waals surface area contributed by atoms with Gasteiger partial charge in [-0.1, -0.05) is 66.7 Å². The molecule has 35 heavy (non-hydrogen) atoms. The van der Waals surface area contributed by atoms with Gasteiger partial charge in [0.15, 0.2) is 0 Å². The summed E-state index contributed by atoms with van der Waals surface area (Å²) in [6, 6.07) is 27.7. The number of Topliss-reactive ketones (excluding diaryl/α,β-unsaturated/α-hetero) is 1. The third kappa shape index (κ3) is 3.85. The minimum absolute atomic E-state index is 0.0884. The first kappa shape index (κ1) is 22.4. The Morgan fingerprint density at radius 1 is 0.857 bits per heavy atom. The van der Waals surface area contributed by atoms with E-state index in [0.29, 0.717) is 11.3 Å². The lowest BCUT2D eigenvalue weighted by Crippen LogP contribution is -2.29. The number of aliphatic hydroxyl groups excluding tert-OH is 1. The van der Waals surface area contributed by atoms with Crippen LogP contribution < -0.4 is 9.80 Å². The minimum Gasteiger partial charge on any atom is -0.507 e. The zero-order valence-corrected chi connectivity index (χ0v) is 19.9. The summed E-state index contributed by atoms with van der Waals surface area (Å²) < 4.78 is 0. The second-order valence-corrected chi connectivity index (χ2v) is 9.02. The number of carbonyl (C=O) groups excluding carboxylic acids is 2. The molecule has 1 unspecified atom stereocenters. The van der Waals surface area contributed by atoms with Crippen LogP contribution in [0.1, 0.15) is 22.7 Å². The number of aryl methyl sites for hydroxylation is 1. The molecule has 5 nitrogen and oxygen atoms in total. The first-order chi connectivity index (χ1) is 16.9. The van der Waals surface area contributed by atoms with Crippen LogP contribution in [-0.4, -0.2) is 30.9 Å². The van der Waals surface area contributed by atoms with Gasteiger partial charge in [0.25, 0.3) is 11.7 Å². The summed E-state index contributed by atoms with van der Waals surface area (Å²) >= 11 is 0. The van der Waals surface area contributed by atoms with Crippen LogP contribution in [0.5, 0.6) is 0 Å². The van der Waals surface area contributed by atoms with Crippen molar-refractivity contribution in [3.05, 3.63) is 113 Å². The van der Waals surface area contributed by atoms with Crippen LogP contribution >= 0.6 is 0 Å². The summed E-state index contributed by atoms with van der Waals surface area (Å²) in [6.45, 7) is 1.94. The van der Waals surface area contributed by atoms with E-state index in [1.807, 2.05) is 111 Å². The topological polar surface area (TPSA) is 60.9 Å². The lowest BCUT2D eigenvalue weighted by Gasteiger charge is -2.26. The molecule has 4 aromatic rings. The summed E-state index contributed by atoms with van der Waals surface area (Å²) in [7, 11) is 3.91. The van der Waals surface area contributed by atoms with E-state index in [4.69, 9.17) is 0 Å². The molecule has 1 fully saturated rings. The van der Waals surface area contributed by atoms with Crippen LogP contribution in [0.4, 0.5) is 11.4 Å². The lowest BCUT2D eigenvalue weighted by atomic mass is 9.93. The first-order valence-electron chi connectivity index (χ1n) is 11.5. The highest BCUT2D eigenvalue weighted by Gasteiger charge is 2.47. The van der Waals surface area contributed by atoms with Crippen LogP contribution in [-0.2, 0) is 9.59 Å². The zero-order chi connectivity index (χ0) is 24.7. The van der Waals surface area contributed by atoms with E-state index in [-0.39, 0.29) is 11.3 Å². The molecule has 1 saturated heterocycles. The highest BCUT2D eigenvalue weighted by atomic mass is 16.3. The third-order valence-corrected chi connectivity index (χ3v) is 6.49. The molecule has 0 radical (unpaired) electrons. The van der Waals surface area contributed by atoms with Gasteiger partial charge in [-0.15, -0.1) is 0 Å². The Morgan fingerprint density at radius 2 is 1.54 bits per heavy atom. The second-order valence-electron chi connectivity index (χ2n) is 9.02. The van der Waals surface area contributed by atoms with Gasteiger partial charge in [-0.2, -0.15) is 0 Å². The van der Waals surface area contributed by atoms with Crippen molar-refractivity contribution in [2.24, 2.45) is 0 Å². The van der Waals surface area contributed by atoms with Crippen LogP contribution in [0.2, 0.25) is 0 Å². The Balaban J connectivity index is 1.76. The molecule has 0 bridgehead atoms. The molecule has 0 aromatic heterocycles. The summed E-state index contributed by atoms with van der Waals surface area (Å²) in [6.07, 6.45) is 0. The van der Waals surface area contributed by atoms with Gasteiger partial charge in [0.2, 0.25) is 0 Å². The van der Waals surface area contributed by atoms with Crippen molar-refractivity contribution in [3.8, 4) is 0 Å². The molecule has 5 heteroatoms. The lowest BCUT2D eigenvalue weighted by molar-refractivity contribution is -0.132. The van der Waals surface area contributed by atoms with Gasteiger partial charge in [-0.25, -0.2) is 0 Å². The predicted octanol–water partition coefficient (Wildman–Crippen LogP) is 5.84. The molecular formula is C30H26N2O3. The van der Waals surface area contributed by atoms with Gasteiger partial charge < -0.3 is 10.0 Å². The smallest absolute Gasteiger partial charge is 0.300 e. The van der Waals surface area contributed by atoms with E-state index in [1.54, 1.807) is 6.07 Å². The van der Waals surface area contributed by atoms with Crippen LogP contribution in [0.15, 0.2) is 96.6 Å². The van der Waals surface area contributed by atoms with E-state index in [0.717, 1.165) is 27.6 Å². The first-order valence-corrected chi connectivity index (χ1v) is 11.5.